The summed E-state index contributed by atoms with van der Waals surface area (Å²) >= 11 is 0. The van der Waals surface area contributed by atoms with E-state index in [2.05, 4.69) is 19.2 Å². The lowest BCUT2D eigenvalue weighted by molar-refractivity contribution is -0.138. The molecule has 1 aromatic rings. The van der Waals surface area contributed by atoms with Crippen molar-refractivity contribution in [2.75, 3.05) is 13.2 Å². The second kappa shape index (κ2) is 9.47. The van der Waals surface area contributed by atoms with Crippen molar-refractivity contribution in [1.82, 2.24) is 5.32 Å². The summed E-state index contributed by atoms with van der Waals surface area (Å²) in [4.78, 5) is 11.0. The highest BCUT2D eigenvalue weighted by Gasteiger charge is 2.19. The molecule has 0 aliphatic rings. The summed E-state index contributed by atoms with van der Waals surface area (Å²) in [6.07, 6.45) is 0.816. The molecule has 0 aliphatic carbocycles. The number of nitrogens with one attached hydrogen (secondary N) is 1. The first-order valence-corrected chi connectivity index (χ1v) is 6.84. The van der Waals surface area contributed by atoms with Gasteiger partial charge in [0.1, 0.15) is 0 Å². The second-order valence-electron chi connectivity index (χ2n) is 5.06. The van der Waals surface area contributed by atoms with Crippen LogP contribution in [0.2, 0.25) is 0 Å². The maximum absolute atomic E-state index is 11.0. The van der Waals surface area contributed by atoms with E-state index in [1.807, 2.05) is 0 Å². The van der Waals surface area contributed by atoms with E-state index in [-0.39, 0.29) is 18.2 Å². The maximum Gasteiger partial charge on any atom is 0.310 e. The highest BCUT2D eigenvalue weighted by atomic mass is 35.5. The Morgan fingerprint density at radius 1 is 1.33 bits per heavy atom. The van der Waals surface area contributed by atoms with E-state index in [4.69, 9.17) is 9.84 Å². The molecule has 120 valence electrons. The van der Waals surface area contributed by atoms with Crippen LogP contribution >= 0.6 is 12.4 Å². The molecular weight excluding hydrogens is 294 g/mol. The molecule has 0 radical (unpaired) electrons. The number of aromatic hydroxyl groups is 1. The van der Waals surface area contributed by atoms with Gasteiger partial charge in [0, 0.05) is 11.6 Å². The molecule has 3 N–H and O–H groups in total. The van der Waals surface area contributed by atoms with Gasteiger partial charge in [-0.1, -0.05) is 26.0 Å². The molecule has 1 atom stereocenters. The molecule has 0 amide bonds. The van der Waals surface area contributed by atoms with Crippen molar-refractivity contribution < 1.29 is 19.7 Å². The fraction of sp³-hybridized carbons (Fsp3) is 0.533. The van der Waals surface area contributed by atoms with Crippen molar-refractivity contribution in [3.63, 3.8) is 0 Å². The molecule has 0 aromatic heterocycles. The standard InChI is InChI=1S/C15H23NO4.ClH/c1-10(2)16-8-5-9-20-13-7-4-6-12(14(13)17)11(3)15(18)19;/h4,6-7,10-11,16-17H,5,8-9H2,1-3H3,(H,18,19);1H. The molecular formula is C15H24ClNO4. The van der Waals surface area contributed by atoms with Crippen molar-refractivity contribution in [2.45, 2.75) is 39.2 Å². The van der Waals surface area contributed by atoms with Gasteiger partial charge < -0.3 is 20.3 Å². The van der Waals surface area contributed by atoms with Crippen LogP contribution in [-0.4, -0.2) is 35.4 Å². The first-order valence-electron chi connectivity index (χ1n) is 6.84. The number of rotatable bonds is 8. The second-order valence-corrected chi connectivity index (χ2v) is 5.06. The molecule has 0 bridgehead atoms. The molecule has 21 heavy (non-hydrogen) atoms. The van der Waals surface area contributed by atoms with Crippen LogP contribution in [0, 0.1) is 0 Å². The van der Waals surface area contributed by atoms with Crippen LogP contribution in [0.15, 0.2) is 18.2 Å². The highest BCUT2D eigenvalue weighted by Crippen LogP contribution is 2.34. The van der Waals surface area contributed by atoms with Crippen molar-refractivity contribution in [3.05, 3.63) is 23.8 Å². The molecule has 1 aromatic carbocycles. The summed E-state index contributed by atoms with van der Waals surface area (Å²) in [6.45, 7) is 6.99. The van der Waals surface area contributed by atoms with Gasteiger partial charge in [-0.2, -0.15) is 0 Å². The zero-order valence-electron chi connectivity index (χ0n) is 12.6. The topological polar surface area (TPSA) is 78.8 Å². The molecule has 5 nitrogen and oxygen atoms in total. The van der Waals surface area contributed by atoms with Gasteiger partial charge in [-0.25, -0.2) is 0 Å². The third-order valence-corrected chi connectivity index (χ3v) is 3.00. The highest BCUT2D eigenvalue weighted by molar-refractivity contribution is 5.85. The van der Waals surface area contributed by atoms with E-state index in [1.165, 1.54) is 6.92 Å². The van der Waals surface area contributed by atoms with Gasteiger partial charge in [0.15, 0.2) is 11.5 Å². The first kappa shape index (κ1) is 19.5. The largest absolute Gasteiger partial charge is 0.504 e. The lowest BCUT2D eigenvalue weighted by Gasteiger charge is -2.14. The van der Waals surface area contributed by atoms with Crippen LogP contribution in [0.3, 0.4) is 0 Å². The summed E-state index contributed by atoms with van der Waals surface area (Å²) in [5, 5.41) is 22.3. The summed E-state index contributed by atoms with van der Waals surface area (Å²) in [7, 11) is 0. The van der Waals surface area contributed by atoms with Gasteiger partial charge in [-0.15, -0.1) is 12.4 Å². The lowest BCUT2D eigenvalue weighted by atomic mass is 10.00. The molecule has 0 aliphatic heterocycles. The molecule has 0 fully saturated rings. The number of halogens is 1. The first-order chi connectivity index (χ1) is 9.43. The van der Waals surface area contributed by atoms with Gasteiger partial charge >= 0.3 is 5.97 Å². The predicted molar refractivity (Wildman–Crippen MR) is 84.7 cm³/mol. The van der Waals surface area contributed by atoms with E-state index in [1.54, 1.807) is 18.2 Å². The Morgan fingerprint density at radius 2 is 2.00 bits per heavy atom. The Balaban J connectivity index is 0.00000400. The Morgan fingerprint density at radius 3 is 2.57 bits per heavy atom. The number of para-hydroxylation sites is 1. The third kappa shape index (κ3) is 6.23. The van der Waals surface area contributed by atoms with E-state index in [9.17, 15) is 9.90 Å². The SMILES string of the molecule is CC(C)NCCCOc1cccc(C(C)C(=O)O)c1O.Cl. The normalized spacial score (nSPS) is 11.8. The Kier molecular flexibility index (Phi) is 8.81. The van der Waals surface area contributed by atoms with Crippen LogP contribution in [-0.2, 0) is 4.79 Å². The fourth-order valence-corrected chi connectivity index (χ4v) is 1.78. The quantitative estimate of drug-likeness (QED) is 0.643. The summed E-state index contributed by atoms with van der Waals surface area (Å²) in [5.41, 5.74) is 0.371. The number of hydrogen-bond donors (Lipinski definition) is 3. The predicted octanol–water partition coefficient (Wildman–Crippen LogP) is 2.77. The van der Waals surface area contributed by atoms with E-state index in [0.717, 1.165) is 13.0 Å². The monoisotopic (exact) mass is 317 g/mol. The average Bonchev–Trinajstić information content (AvgIpc) is 2.39. The molecule has 1 unspecified atom stereocenters. The number of carboxylic acid groups (broad SMARTS) is 1. The van der Waals surface area contributed by atoms with E-state index < -0.39 is 11.9 Å². The number of phenolic OH excluding ortho intramolecular Hbond substituents is 1. The van der Waals surface area contributed by atoms with Crippen LogP contribution in [0.4, 0.5) is 0 Å². The van der Waals surface area contributed by atoms with E-state index in [0.29, 0.717) is 24.0 Å². The summed E-state index contributed by atoms with van der Waals surface area (Å²) < 4.78 is 5.51. The number of carbonyl (C=O) groups is 1. The third-order valence-electron chi connectivity index (χ3n) is 3.00. The van der Waals surface area contributed by atoms with Gasteiger partial charge in [-0.3, -0.25) is 4.79 Å². The maximum atomic E-state index is 11.0. The molecule has 0 heterocycles. The zero-order valence-corrected chi connectivity index (χ0v) is 13.4. The number of phenols is 1. The van der Waals surface area contributed by atoms with Gasteiger partial charge in [-0.05, 0) is 26.0 Å². The van der Waals surface area contributed by atoms with Gasteiger partial charge in [0.25, 0.3) is 0 Å². The molecule has 1 rings (SSSR count). The number of aliphatic carboxylic acids is 1. The number of hydrogen-bond acceptors (Lipinski definition) is 4. The zero-order chi connectivity index (χ0) is 15.1. The average molecular weight is 318 g/mol. The van der Waals surface area contributed by atoms with Crippen molar-refractivity contribution in [2.24, 2.45) is 0 Å². The molecule has 0 saturated heterocycles. The summed E-state index contributed by atoms with van der Waals surface area (Å²) in [6, 6.07) is 5.36. The molecule has 0 saturated carbocycles. The van der Waals surface area contributed by atoms with Gasteiger partial charge in [0.2, 0.25) is 0 Å². The van der Waals surface area contributed by atoms with Gasteiger partial charge in [0.05, 0.1) is 12.5 Å². The number of ether oxygens (including phenoxy) is 1. The van der Waals surface area contributed by atoms with Crippen molar-refractivity contribution in [3.8, 4) is 11.5 Å². The molecule has 0 spiro atoms. The van der Waals surface area contributed by atoms with Crippen LogP contribution < -0.4 is 10.1 Å². The Bertz CT molecular complexity index is 451. The number of carboxylic acids is 1. The Labute approximate surface area is 131 Å². The minimum absolute atomic E-state index is 0. The smallest absolute Gasteiger partial charge is 0.310 e. The molecule has 6 heteroatoms. The van der Waals surface area contributed by atoms with E-state index >= 15 is 0 Å². The Hall–Kier alpha value is -1.46. The summed E-state index contributed by atoms with van der Waals surface area (Å²) in [5.74, 6) is -1.49. The lowest BCUT2D eigenvalue weighted by Crippen LogP contribution is -2.24. The number of benzene rings is 1. The van der Waals surface area contributed by atoms with Crippen LogP contribution in [0.5, 0.6) is 11.5 Å². The van der Waals surface area contributed by atoms with Crippen LogP contribution in [0.1, 0.15) is 38.7 Å². The van der Waals surface area contributed by atoms with Crippen molar-refractivity contribution in [1.29, 1.82) is 0 Å². The minimum atomic E-state index is -0.974. The minimum Gasteiger partial charge on any atom is -0.504 e. The fourth-order valence-electron chi connectivity index (χ4n) is 1.78. The van der Waals surface area contributed by atoms with Crippen molar-refractivity contribution >= 4 is 18.4 Å². The van der Waals surface area contributed by atoms with Crippen LogP contribution in [0.25, 0.3) is 0 Å².